The van der Waals surface area contributed by atoms with E-state index < -0.39 is 10.0 Å². The zero-order chi connectivity index (χ0) is 17.6. The molecule has 1 saturated heterocycles. The second kappa shape index (κ2) is 8.62. The van der Waals surface area contributed by atoms with Crippen LogP contribution in [0.15, 0.2) is 30.3 Å². The molecule has 24 heavy (non-hydrogen) atoms. The number of piperidine rings is 1. The minimum atomic E-state index is -3.15. The summed E-state index contributed by atoms with van der Waals surface area (Å²) < 4.78 is 25.8. The van der Waals surface area contributed by atoms with Gasteiger partial charge < -0.3 is 4.90 Å². The van der Waals surface area contributed by atoms with Gasteiger partial charge in [-0.15, -0.1) is 0 Å². The molecule has 2 rings (SSSR count). The molecule has 0 aromatic heterocycles. The Balaban J connectivity index is 1.93. The second-order valence-electron chi connectivity index (χ2n) is 6.33. The molecular formula is C18H28N2O3S. The normalized spacial score (nSPS) is 16.9. The highest BCUT2D eigenvalue weighted by molar-refractivity contribution is 7.89. The number of amides is 1. The zero-order valence-electron chi connectivity index (χ0n) is 14.6. The number of carbonyl (C=O) groups excluding carboxylic acids is 1. The Labute approximate surface area is 145 Å². The monoisotopic (exact) mass is 352 g/mol. The first-order valence-corrected chi connectivity index (χ1v) is 10.4. The highest BCUT2D eigenvalue weighted by atomic mass is 32.2. The third kappa shape index (κ3) is 4.80. The molecule has 1 amide bonds. The molecule has 0 radical (unpaired) electrons. The maximum absolute atomic E-state index is 12.8. The number of nitrogens with zero attached hydrogens (tertiary/aromatic N) is 2. The highest BCUT2D eigenvalue weighted by Crippen LogP contribution is 2.23. The Hall–Kier alpha value is -1.40. The third-order valence-electron chi connectivity index (χ3n) is 4.57. The number of rotatable bonds is 7. The lowest BCUT2D eigenvalue weighted by molar-refractivity contribution is -0.137. The number of sulfonamides is 1. The van der Waals surface area contributed by atoms with Crippen LogP contribution in [0.3, 0.4) is 0 Å². The summed E-state index contributed by atoms with van der Waals surface area (Å²) in [4.78, 5) is 14.6. The van der Waals surface area contributed by atoms with Gasteiger partial charge in [-0.3, -0.25) is 4.79 Å². The van der Waals surface area contributed by atoms with Crippen molar-refractivity contribution in [2.75, 3.05) is 25.4 Å². The van der Waals surface area contributed by atoms with Gasteiger partial charge in [0, 0.05) is 32.1 Å². The molecule has 1 aliphatic rings. The molecule has 134 valence electrons. The Bertz CT molecular complexity index is 623. The lowest BCUT2D eigenvalue weighted by atomic mass is 9.96. The molecular weight excluding hydrogens is 324 g/mol. The fourth-order valence-corrected chi connectivity index (χ4v) is 4.72. The van der Waals surface area contributed by atoms with Crippen LogP contribution in [0.1, 0.15) is 38.7 Å². The summed E-state index contributed by atoms with van der Waals surface area (Å²) in [7, 11) is -3.15. The van der Waals surface area contributed by atoms with Crippen molar-refractivity contribution in [2.24, 2.45) is 5.92 Å². The minimum absolute atomic E-state index is 0.0678. The molecule has 1 aromatic rings. The summed E-state index contributed by atoms with van der Waals surface area (Å²) >= 11 is 0. The summed E-state index contributed by atoms with van der Waals surface area (Å²) in [5.74, 6) is 0.274. The topological polar surface area (TPSA) is 57.7 Å². The molecule has 0 unspecified atom stereocenters. The molecule has 1 aliphatic heterocycles. The molecule has 0 bridgehead atoms. The van der Waals surface area contributed by atoms with E-state index in [1.165, 1.54) is 0 Å². The maximum atomic E-state index is 12.8. The summed E-state index contributed by atoms with van der Waals surface area (Å²) in [6.07, 6.45) is 1.86. The molecule has 1 heterocycles. The van der Waals surface area contributed by atoms with E-state index in [2.05, 4.69) is 0 Å². The second-order valence-corrected chi connectivity index (χ2v) is 8.42. The first-order chi connectivity index (χ1) is 11.5. The van der Waals surface area contributed by atoms with Crippen LogP contribution in [0.4, 0.5) is 0 Å². The van der Waals surface area contributed by atoms with Crippen molar-refractivity contribution in [2.45, 2.75) is 39.7 Å². The minimum Gasteiger partial charge on any atom is -0.338 e. The first-order valence-electron chi connectivity index (χ1n) is 8.78. The predicted octanol–water partition coefficient (Wildman–Crippen LogP) is 2.49. The van der Waals surface area contributed by atoms with Crippen molar-refractivity contribution in [1.29, 1.82) is 0 Å². The standard InChI is InChI=1S/C18H28N2O3S/c1-3-14-24(22,23)20-12-10-17(11-13-20)18(21)19(4-2)15-16-8-6-5-7-9-16/h5-9,17H,3-4,10-15H2,1-2H3. The van der Waals surface area contributed by atoms with Crippen molar-refractivity contribution < 1.29 is 13.2 Å². The SMILES string of the molecule is CCCS(=O)(=O)N1CCC(C(=O)N(CC)Cc2ccccc2)CC1. The van der Waals surface area contributed by atoms with Crippen LogP contribution in [-0.4, -0.2) is 48.9 Å². The van der Waals surface area contributed by atoms with Crippen LogP contribution in [0.5, 0.6) is 0 Å². The van der Waals surface area contributed by atoms with Crippen LogP contribution in [-0.2, 0) is 21.4 Å². The van der Waals surface area contributed by atoms with Crippen LogP contribution in [0.2, 0.25) is 0 Å². The number of hydrogen-bond donors (Lipinski definition) is 0. The Morgan fingerprint density at radius 3 is 2.33 bits per heavy atom. The highest BCUT2D eigenvalue weighted by Gasteiger charge is 2.32. The van der Waals surface area contributed by atoms with Crippen LogP contribution < -0.4 is 0 Å². The Morgan fingerprint density at radius 2 is 1.79 bits per heavy atom. The molecule has 0 atom stereocenters. The van der Waals surface area contributed by atoms with Gasteiger partial charge in [0.25, 0.3) is 0 Å². The fraction of sp³-hybridized carbons (Fsp3) is 0.611. The quantitative estimate of drug-likeness (QED) is 0.757. The maximum Gasteiger partial charge on any atom is 0.226 e. The zero-order valence-corrected chi connectivity index (χ0v) is 15.5. The molecule has 0 saturated carbocycles. The molecule has 0 aliphatic carbocycles. The summed E-state index contributed by atoms with van der Waals surface area (Å²) in [5, 5.41) is 0. The van der Waals surface area contributed by atoms with E-state index in [0.717, 1.165) is 5.56 Å². The van der Waals surface area contributed by atoms with E-state index in [9.17, 15) is 13.2 Å². The van der Waals surface area contributed by atoms with Gasteiger partial charge in [-0.25, -0.2) is 12.7 Å². The summed E-state index contributed by atoms with van der Waals surface area (Å²) in [5.41, 5.74) is 1.12. The molecule has 0 spiro atoms. The average molecular weight is 353 g/mol. The largest absolute Gasteiger partial charge is 0.338 e. The van der Waals surface area contributed by atoms with Crippen molar-refractivity contribution >= 4 is 15.9 Å². The van der Waals surface area contributed by atoms with Gasteiger partial charge in [-0.05, 0) is 31.7 Å². The molecule has 5 nitrogen and oxygen atoms in total. The summed E-state index contributed by atoms with van der Waals surface area (Å²) in [6.45, 7) is 6.06. The van der Waals surface area contributed by atoms with Crippen LogP contribution in [0, 0.1) is 5.92 Å². The fourth-order valence-electron chi connectivity index (χ4n) is 3.18. The van der Waals surface area contributed by atoms with Crippen molar-refractivity contribution in [3.05, 3.63) is 35.9 Å². The van der Waals surface area contributed by atoms with Gasteiger partial charge in [0.15, 0.2) is 0 Å². The van der Waals surface area contributed by atoms with Crippen molar-refractivity contribution in [1.82, 2.24) is 9.21 Å². The molecule has 0 N–H and O–H groups in total. The van der Waals surface area contributed by atoms with Gasteiger partial charge >= 0.3 is 0 Å². The van der Waals surface area contributed by atoms with Gasteiger partial charge in [0.2, 0.25) is 15.9 Å². The average Bonchev–Trinajstić information content (AvgIpc) is 2.60. The van der Waals surface area contributed by atoms with Gasteiger partial charge in [0.1, 0.15) is 0 Å². The summed E-state index contributed by atoms with van der Waals surface area (Å²) in [6, 6.07) is 9.97. The van der Waals surface area contributed by atoms with Gasteiger partial charge in [-0.1, -0.05) is 37.3 Å². The van der Waals surface area contributed by atoms with Crippen LogP contribution >= 0.6 is 0 Å². The number of carbonyl (C=O) groups is 1. The van der Waals surface area contributed by atoms with Crippen molar-refractivity contribution in [3.8, 4) is 0 Å². The van der Waals surface area contributed by atoms with Gasteiger partial charge in [0.05, 0.1) is 5.75 Å². The van der Waals surface area contributed by atoms with Gasteiger partial charge in [-0.2, -0.15) is 0 Å². The van der Waals surface area contributed by atoms with Crippen molar-refractivity contribution in [3.63, 3.8) is 0 Å². The molecule has 1 aromatic carbocycles. The van der Waals surface area contributed by atoms with E-state index in [4.69, 9.17) is 0 Å². The Kier molecular flexibility index (Phi) is 6.80. The molecule has 6 heteroatoms. The van der Waals surface area contributed by atoms with E-state index in [1.807, 2.05) is 49.1 Å². The lowest BCUT2D eigenvalue weighted by Crippen LogP contribution is -2.44. The smallest absolute Gasteiger partial charge is 0.226 e. The Morgan fingerprint density at radius 1 is 1.17 bits per heavy atom. The van der Waals surface area contributed by atoms with E-state index >= 15 is 0 Å². The first kappa shape index (κ1) is 18.9. The number of hydrogen-bond acceptors (Lipinski definition) is 3. The predicted molar refractivity (Wildman–Crippen MR) is 95.9 cm³/mol. The third-order valence-corrected chi connectivity index (χ3v) is 6.64. The van der Waals surface area contributed by atoms with E-state index in [0.29, 0.717) is 45.4 Å². The van der Waals surface area contributed by atoms with E-state index in [1.54, 1.807) is 4.31 Å². The molecule has 1 fully saturated rings. The lowest BCUT2D eigenvalue weighted by Gasteiger charge is -2.33. The van der Waals surface area contributed by atoms with Crippen LogP contribution in [0.25, 0.3) is 0 Å². The van der Waals surface area contributed by atoms with E-state index in [-0.39, 0.29) is 17.6 Å². The number of benzene rings is 1.